The molecule has 2 rings (SSSR count). The molecule has 1 aromatic carbocycles. The Kier molecular flexibility index (Phi) is 5.60. The molecule has 1 aliphatic rings. The molecule has 0 bridgehead atoms. The van der Waals surface area contributed by atoms with E-state index in [1.54, 1.807) is 4.90 Å². The molecule has 0 radical (unpaired) electrons. The van der Waals surface area contributed by atoms with Crippen LogP contribution in [0.15, 0.2) is 43.0 Å². The third-order valence-corrected chi connectivity index (χ3v) is 5.40. The molecule has 1 fully saturated rings. The van der Waals surface area contributed by atoms with Crippen molar-refractivity contribution >= 4 is 15.9 Å². The Morgan fingerprint density at radius 3 is 2.50 bits per heavy atom. The maximum absolute atomic E-state index is 12.4. The number of urea groups is 1. The molecule has 6 heteroatoms. The van der Waals surface area contributed by atoms with Gasteiger partial charge in [0.2, 0.25) is 0 Å². The minimum atomic E-state index is -2.98. The van der Waals surface area contributed by atoms with Gasteiger partial charge in [-0.1, -0.05) is 36.4 Å². The van der Waals surface area contributed by atoms with E-state index in [1.807, 2.05) is 36.4 Å². The van der Waals surface area contributed by atoms with Crippen LogP contribution in [0.1, 0.15) is 24.4 Å². The summed E-state index contributed by atoms with van der Waals surface area (Å²) >= 11 is 0. The van der Waals surface area contributed by atoms with Gasteiger partial charge in [-0.2, -0.15) is 0 Å². The van der Waals surface area contributed by atoms with Crippen LogP contribution < -0.4 is 5.32 Å². The molecule has 0 unspecified atom stereocenters. The molecule has 0 aliphatic carbocycles. The Hall–Kier alpha value is -1.82. The van der Waals surface area contributed by atoms with Crippen molar-refractivity contribution in [1.82, 2.24) is 10.2 Å². The van der Waals surface area contributed by atoms with Crippen molar-refractivity contribution in [2.75, 3.05) is 24.6 Å². The predicted octanol–water partition coefficient (Wildman–Crippen LogP) is 2.13. The summed E-state index contributed by atoms with van der Waals surface area (Å²) in [5.74, 6) is 0.0894. The summed E-state index contributed by atoms with van der Waals surface area (Å²) in [4.78, 5) is 13.9. The fraction of sp³-hybridized carbons (Fsp3) is 0.438. The average Bonchev–Trinajstić information content (AvgIpc) is 2.52. The minimum Gasteiger partial charge on any atom is -0.331 e. The first kappa shape index (κ1) is 16.5. The van der Waals surface area contributed by atoms with E-state index in [0.29, 0.717) is 0 Å². The van der Waals surface area contributed by atoms with Crippen molar-refractivity contribution in [3.05, 3.63) is 48.6 Å². The largest absolute Gasteiger partial charge is 0.331 e. The molecule has 22 heavy (non-hydrogen) atoms. The summed E-state index contributed by atoms with van der Waals surface area (Å²) in [5, 5.41) is 3.01. The molecule has 0 aromatic heterocycles. The lowest BCUT2D eigenvalue weighted by Crippen LogP contribution is -2.48. The van der Waals surface area contributed by atoms with Gasteiger partial charge in [-0.3, -0.25) is 0 Å². The monoisotopic (exact) mass is 322 g/mol. The van der Waals surface area contributed by atoms with E-state index in [4.69, 9.17) is 0 Å². The molecule has 120 valence electrons. The smallest absolute Gasteiger partial charge is 0.317 e. The third kappa shape index (κ3) is 4.59. The lowest BCUT2D eigenvalue weighted by Gasteiger charge is -2.29. The number of carbonyl (C=O) groups excluding carboxylic acids is 1. The molecule has 1 N–H and O–H groups in total. The van der Waals surface area contributed by atoms with E-state index in [1.165, 1.54) is 0 Å². The van der Waals surface area contributed by atoms with Crippen molar-refractivity contribution in [2.45, 2.75) is 18.9 Å². The third-order valence-electron chi connectivity index (χ3n) is 3.79. The maximum Gasteiger partial charge on any atom is 0.317 e. The minimum absolute atomic E-state index is 0.0447. The SMILES string of the molecule is C=CCC[C@@H](NC(=O)N1CCS(=O)(=O)CC1)c1ccccc1. The summed E-state index contributed by atoms with van der Waals surface area (Å²) in [5.41, 5.74) is 1.04. The second-order valence-electron chi connectivity index (χ2n) is 5.42. The van der Waals surface area contributed by atoms with Gasteiger partial charge in [0.1, 0.15) is 0 Å². The van der Waals surface area contributed by atoms with Crippen molar-refractivity contribution in [3.63, 3.8) is 0 Å². The van der Waals surface area contributed by atoms with E-state index in [9.17, 15) is 13.2 Å². The van der Waals surface area contributed by atoms with Gasteiger partial charge in [0.25, 0.3) is 0 Å². The first-order valence-corrected chi connectivity index (χ1v) is 9.26. The van der Waals surface area contributed by atoms with Gasteiger partial charge in [0, 0.05) is 13.1 Å². The predicted molar refractivity (Wildman–Crippen MR) is 87.4 cm³/mol. The molecule has 2 amide bonds. The first-order valence-electron chi connectivity index (χ1n) is 7.43. The van der Waals surface area contributed by atoms with Gasteiger partial charge in [0.05, 0.1) is 17.5 Å². The van der Waals surface area contributed by atoms with Crippen LogP contribution >= 0.6 is 0 Å². The highest BCUT2D eigenvalue weighted by atomic mass is 32.2. The molecule has 1 atom stereocenters. The van der Waals surface area contributed by atoms with E-state index in [-0.39, 0.29) is 36.7 Å². The second-order valence-corrected chi connectivity index (χ2v) is 7.72. The highest BCUT2D eigenvalue weighted by molar-refractivity contribution is 7.91. The zero-order valence-electron chi connectivity index (χ0n) is 12.6. The molecule has 1 aliphatic heterocycles. The number of allylic oxidation sites excluding steroid dienone is 1. The average molecular weight is 322 g/mol. The Morgan fingerprint density at radius 1 is 1.27 bits per heavy atom. The topological polar surface area (TPSA) is 66.5 Å². The molecule has 5 nitrogen and oxygen atoms in total. The van der Waals surface area contributed by atoms with Crippen LogP contribution in [0.3, 0.4) is 0 Å². The fourth-order valence-electron chi connectivity index (χ4n) is 2.45. The highest BCUT2D eigenvalue weighted by Gasteiger charge is 2.26. The number of rotatable bonds is 5. The van der Waals surface area contributed by atoms with Crippen molar-refractivity contribution < 1.29 is 13.2 Å². The van der Waals surface area contributed by atoms with Crippen LogP contribution in [0, 0.1) is 0 Å². The number of amides is 2. The number of nitrogens with zero attached hydrogens (tertiary/aromatic N) is 1. The first-order chi connectivity index (χ1) is 10.5. The summed E-state index contributed by atoms with van der Waals surface area (Å²) in [7, 11) is -2.98. The van der Waals surface area contributed by atoms with E-state index < -0.39 is 9.84 Å². The van der Waals surface area contributed by atoms with E-state index in [0.717, 1.165) is 18.4 Å². The molecular weight excluding hydrogens is 300 g/mol. The molecular formula is C16H22N2O3S. The van der Waals surface area contributed by atoms with Crippen molar-refractivity contribution in [3.8, 4) is 0 Å². The Balaban J connectivity index is 2.00. The summed E-state index contributed by atoms with van der Waals surface area (Å²) in [6.07, 6.45) is 3.40. The zero-order valence-corrected chi connectivity index (χ0v) is 13.4. The fourth-order valence-corrected chi connectivity index (χ4v) is 3.65. The molecule has 1 saturated heterocycles. The maximum atomic E-state index is 12.4. The normalized spacial score (nSPS) is 18.5. The Labute approximate surface area is 131 Å². The number of sulfone groups is 1. The van der Waals surface area contributed by atoms with Gasteiger partial charge < -0.3 is 10.2 Å². The van der Waals surface area contributed by atoms with Crippen LogP contribution in [0.25, 0.3) is 0 Å². The number of nitrogens with one attached hydrogen (secondary N) is 1. The molecule has 1 heterocycles. The Bertz CT molecular complexity index is 600. The number of hydrogen-bond acceptors (Lipinski definition) is 3. The van der Waals surface area contributed by atoms with Crippen molar-refractivity contribution in [1.29, 1.82) is 0 Å². The number of benzene rings is 1. The number of hydrogen-bond donors (Lipinski definition) is 1. The highest BCUT2D eigenvalue weighted by Crippen LogP contribution is 2.19. The molecule has 1 aromatic rings. The lowest BCUT2D eigenvalue weighted by atomic mass is 10.0. The second kappa shape index (κ2) is 7.45. The van der Waals surface area contributed by atoms with Gasteiger partial charge >= 0.3 is 6.03 Å². The van der Waals surface area contributed by atoms with Crippen LogP contribution in [-0.2, 0) is 9.84 Å². The van der Waals surface area contributed by atoms with Gasteiger partial charge in [-0.05, 0) is 18.4 Å². The Morgan fingerprint density at radius 2 is 1.91 bits per heavy atom. The quantitative estimate of drug-likeness (QED) is 0.845. The van der Waals surface area contributed by atoms with Gasteiger partial charge in [-0.25, -0.2) is 13.2 Å². The van der Waals surface area contributed by atoms with E-state index in [2.05, 4.69) is 11.9 Å². The van der Waals surface area contributed by atoms with Crippen molar-refractivity contribution in [2.24, 2.45) is 0 Å². The van der Waals surface area contributed by atoms with Gasteiger partial charge in [0.15, 0.2) is 9.84 Å². The number of carbonyl (C=O) groups is 1. The molecule has 0 saturated carbocycles. The summed E-state index contributed by atoms with van der Waals surface area (Å²) in [6.45, 7) is 4.24. The lowest BCUT2D eigenvalue weighted by molar-refractivity contribution is 0.197. The van der Waals surface area contributed by atoms with Gasteiger partial charge in [-0.15, -0.1) is 6.58 Å². The van der Waals surface area contributed by atoms with Crippen LogP contribution in [-0.4, -0.2) is 43.9 Å². The van der Waals surface area contributed by atoms with E-state index >= 15 is 0 Å². The zero-order chi connectivity index (χ0) is 16.0. The van der Waals surface area contributed by atoms with Crippen LogP contribution in [0.4, 0.5) is 4.79 Å². The summed E-state index contributed by atoms with van der Waals surface area (Å²) < 4.78 is 22.9. The standard InChI is InChI=1S/C16H22N2O3S/c1-2-3-9-15(14-7-5-4-6-8-14)17-16(19)18-10-12-22(20,21)13-11-18/h2,4-8,15H,1,3,9-13H2,(H,17,19)/t15-/m1/s1. The van der Waals surface area contributed by atoms with Crippen LogP contribution in [0.2, 0.25) is 0 Å². The summed E-state index contributed by atoms with van der Waals surface area (Å²) in [6, 6.07) is 9.48. The van der Waals surface area contributed by atoms with Crippen LogP contribution in [0.5, 0.6) is 0 Å². The molecule has 0 spiro atoms.